The van der Waals surface area contributed by atoms with Crippen molar-refractivity contribution in [3.8, 4) is 0 Å². The van der Waals surface area contributed by atoms with Crippen LogP contribution in [-0.4, -0.2) is 23.2 Å². The Hall–Kier alpha value is -1.75. The standard InChI is InChI=1S/C16H15FN2OS/c1-9(2)15-14(19-5-4-18-16(19)21-15)12-7-10(17)8-13-11(12)3-6-20-13/h3,6-9H,4-5H2,1-2H3. The van der Waals surface area contributed by atoms with Crippen molar-refractivity contribution in [2.75, 3.05) is 13.1 Å². The Labute approximate surface area is 126 Å². The van der Waals surface area contributed by atoms with Gasteiger partial charge < -0.3 is 9.32 Å². The van der Waals surface area contributed by atoms with E-state index in [2.05, 4.69) is 23.7 Å². The number of benzene rings is 1. The van der Waals surface area contributed by atoms with E-state index in [4.69, 9.17) is 4.42 Å². The molecule has 2 aliphatic heterocycles. The molecule has 4 rings (SSSR count). The number of nitrogens with zero attached hydrogens (tertiary/aromatic N) is 2. The highest BCUT2D eigenvalue weighted by Crippen LogP contribution is 2.46. The summed E-state index contributed by atoms with van der Waals surface area (Å²) in [5.74, 6) is 0.112. The summed E-state index contributed by atoms with van der Waals surface area (Å²) in [5, 5.41) is 1.99. The summed E-state index contributed by atoms with van der Waals surface area (Å²) >= 11 is 1.71. The lowest BCUT2D eigenvalue weighted by atomic mass is 10.0. The van der Waals surface area contributed by atoms with Crippen LogP contribution >= 0.6 is 11.8 Å². The molecule has 0 aliphatic carbocycles. The molecule has 2 aliphatic rings. The molecule has 0 N–H and O–H groups in total. The van der Waals surface area contributed by atoms with E-state index < -0.39 is 0 Å². The number of halogens is 1. The molecule has 108 valence electrons. The number of rotatable bonds is 2. The molecule has 1 aromatic heterocycles. The number of hydrogen-bond acceptors (Lipinski definition) is 4. The predicted octanol–water partition coefficient (Wildman–Crippen LogP) is 4.31. The van der Waals surface area contributed by atoms with Crippen molar-refractivity contribution >= 4 is 33.6 Å². The van der Waals surface area contributed by atoms with Crippen molar-refractivity contribution in [1.29, 1.82) is 0 Å². The summed E-state index contributed by atoms with van der Waals surface area (Å²) in [6.45, 7) is 6.00. The van der Waals surface area contributed by atoms with E-state index in [0.717, 1.165) is 34.9 Å². The van der Waals surface area contributed by atoms with Gasteiger partial charge in [-0.3, -0.25) is 4.99 Å². The van der Waals surface area contributed by atoms with Gasteiger partial charge >= 0.3 is 0 Å². The fourth-order valence-electron chi connectivity index (χ4n) is 2.90. The van der Waals surface area contributed by atoms with Crippen LogP contribution in [0, 0.1) is 11.7 Å². The smallest absolute Gasteiger partial charge is 0.168 e. The van der Waals surface area contributed by atoms with Crippen molar-refractivity contribution in [2.45, 2.75) is 13.8 Å². The number of aliphatic imine (C=N–C) groups is 1. The molecule has 3 heterocycles. The summed E-state index contributed by atoms with van der Waals surface area (Å²) in [5.41, 5.74) is 2.59. The average Bonchev–Trinajstić information content (AvgIpc) is 3.11. The van der Waals surface area contributed by atoms with Gasteiger partial charge in [0.2, 0.25) is 0 Å². The maximum absolute atomic E-state index is 14.0. The molecule has 0 bridgehead atoms. The average molecular weight is 302 g/mol. The van der Waals surface area contributed by atoms with Crippen molar-refractivity contribution in [1.82, 2.24) is 4.90 Å². The van der Waals surface area contributed by atoms with Crippen molar-refractivity contribution < 1.29 is 8.81 Å². The first-order chi connectivity index (χ1) is 10.1. The highest BCUT2D eigenvalue weighted by Gasteiger charge is 2.35. The van der Waals surface area contributed by atoms with Gasteiger partial charge in [0.1, 0.15) is 11.4 Å². The molecule has 3 nitrogen and oxygen atoms in total. The van der Waals surface area contributed by atoms with Gasteiger partial charge in [0, 0.05) is 28.5 Å². The predicted molar refractivity (Wildman–Crippen MR) is 84.5 cm³/mol. The van der Waals surface area contributed by atoms with E-state index in [1.807, 2.05) is 6.07 Å². The van der Waals surface area contributed by atoms with E-state index in [9.17, 15) is 4.39 Å². The number of hydrogen-bond donors (Lipinski definition) is 0. The Balaban J connectivity index is 1.99. The molecule has 0 saturated carbocycles. The third-order valence-electron chi connectivity index (χ3n) is 3.82. The highest BCUT2D eigenvalue weighted by atomic mass is 32.2. The molecule has 0 spiro atoms. The van der Waals surface area contributed by atoms with Gasteiger partial charge in [0.05, 0.1) is 18.5 Å². The van der Waals surface area contributed by atoms with E-state index >= 15 is 0 Å². The Kier molecular flexibility index (Phi) is 2.85. The first-order valence-corrected chi connectivity index (χ1v) is 7.88. The van der Waals surface area contributed by atoms with Crippen LogP contribution in [0.3, 0.4) is 0 Å². The van der Waals surface area contributed by atoms with Crippen LogP contribution in [0.1, 0.15) is 19.4 Å². The molecule has 0 fully saturated rings. The molecule has 1 aromatic carbocycles. The van der Waals surface area contributed by atoms with Crippen molar-refractivity contribution in [3.63, 3.8) is 0 Å². The minimum atomic E-state index is -0.266. The number of thioether (sulfide) groups is 1. The van der Waals surface area contributed by atoms with Gasteiger partial charge in [0.15, 0.2) is 5.17 Å². The third kappa shape index (κ3) is 1.91. The summed E-state index contributed by atoms with van der Waals surface area (Å²) < 4.78 is 19.3. The molecule has 0 saturated heterocycles. The first kappa shape index (κ1) is 13.0. The van der Waals surface area contributed by atoms with Gasteiger partial charge in [-0.05, 0) is 18.1 Å². The molecule has 0 unspecified atom stereocenters. The number of furan rings is 1. The van der Waals surface area contributed by atoms with Crippen molar-refractivity contribution in [3.05, 3.63) is 40.7 Å². The van der Waals surface area contributed by atoms with E-state index in [1.54, 1.807) is 24.1 Å². The van der Waals surface area contributed by atoms with Crippen molar-refractivity contribution in [2.24, 2.45) is 10.9 Å². The quantitative estimate of drug-likeness (QED) is 0.827. The second-order valence-electron chi connectivity index (χ2n) is 5.57. The Morgan fingerprint density at radius 1 is 1.38 bits per heavy atom. The fourth-order valence-corrected chi connectivity index (χ4v) is 4.10. The highest BCUT2D eigenvalue weighted by molar-refractivity contribution is 8.17. The molecule has 2 aromatic rings. The summed E-state index contributed by atoms with van der Waals surface area (Å²) in [6, 6.07) is 4.96. The van der Waals surface area contributed by atoms with Crippen LogP contribution in [-0.2, 0) is 0 Å². The van der Waals surface area contributed by atoms with Crippen LogP contribution in [0.15, 0.2) is 38.8 Å². The summed E-state index contributed by atoms with van der Waals surface area (Å²) in [7, 11) is 0. The van der Waals surface area contributed by atoms with Gasteiger partial charge in [-0.25, -0.2) is 4.39 Å². The van der Waals surface area contributed by atoms with E-state index in [1.165, 1.54) is 11.0 Å². The number of fused-ring (bicyclic) bond motifs is 2. The SMILES string of the molecule is CC(C)C1=C(c2cc(F)cc3occc23)N2CCN=C2S1. The zero-order valence-corrected chi connectivity index (χ0v) is 12.7. The summed E-state index contributed by atoms with van der Waals surface area (Å²) in [4.78, 5) is 8.00. The minimum absolute atomic E-state index is 0.266. The molecule has 5 heteroatoms. The Bertz CT molecular complexity index is 791. The Morgan fingerprint density at radius 2 is 2.24 bits per heavy atom. The van der Waals surface area contributed by atoms with Crippen LogP contribution in [0.2, 0.25) is 0 Å². The largest absolute Gasteiger partial charge is 0.464 e. The Morgan fingerprint density at radius 3 is 3.05 bits per heavy atom. The number of amidine groups is 1. The lowest BCUT2D eigenvalue weighted by Crippen LogP contribution is -2.20. The molecular formula is C16H15FN2OS. The molecule has 0 radical (unpaired) electrons. The zero-order valence-electron chi connectivity index (χ0n) is 11.9. The maximum Gasteiger partial charge on any atom is 0.168 e. The second kappa shape index (κ2) is 4.63. The topological polar surface area (TPSA) is 28.7 Å². The lowest BCUT2D eigenvalue weighted by Gasteiger charge is -2.19. The maximum atomic E-state index is 14.0. The monoisotopic (exact) mass is 302 g/mol. The van der Waals surface area contributed by atoms with E-state index in [0.29, 0.717) is 11.5 Å². The molecular weight excluding hydrogens is 287 g/mol. The third-order valence-corrected chi connectivity index (χ3v) is 5.24. The molecule has 21 heavy (non-hydrogen) atoms. The first-order valence-electron chi connectivity index (χ1n) is 7.06. The normalized spacial score (nSPS) is 18.1. The van der Waals surface area contributed by atoms with Gasteiger partial charge in [-0.2, -0.15) is 0 Å². The minimum Gasteiger partial charge on any atom is -0.464 e. The lowest BCUT2D eigenvalue weighted by molar-refractivity contribution is 0.597. The van der Waals surface area contributed by atoms with Crippen LogP contribution < -0.4 is 0 Å². The molecule has 0 atom stereocenters. The van der Waals surface area contributed by atoms with Crippen LogP contribution in [0.25, 0.3) is 16.7 Å². The van der Waals surface area contributed by atoms with Crippen LogP contribution in [0.5, 0.6) is 0 Å². The fraction of sp³-hybridized carbons (Fsp3) is 0.312. The molecule has 0 amide bonds. The van der Waals surface area contributed by atoms with E-state index in [-0.39, 0.29) is 5.82 Å². The zero-order chi connectivity index (χ0) is 14.6. The van der Waals surface area contributed by atoms with Gasteiger partial charge in [-0.15, -0.1) is 0 Å². The van der Waals surface area contributed by atoms with Gasteiger partial charge in [0.25, 0.3) is 0 Å². The second-order valence-corrected chi connectivity index (χ2v) is 6.58. The van der Waals surface area contributed by atoms with Gasteiger partial charge in [-0.1, -0.05) is 25.6 Å². The number of allylic oxidation sites excluding steroid dienone is 1. The summed E-state index contributed by atoms with van der Waals surface area (Å²) in [6.07, 6.45) is 1.62. The van der Waals surface area contributed by atoms with Crippen LogP contribution in [0.4, 0.5) is 4.39 Å².